The average molecular weight is 342 g/mol. The lowest BCUT2D eigenvalue weighted by Crippen LogP contribution is -2.47. The van der Waals surface area contributed by atoms with E-state index in [-0.39, 0.29) is 17.5 Å². The van der Waals surface area contributed by atoms with Crippen LogP contribution in [-0.2, 0) is 4.74 Å². The summed E-state index contributed by atoms with van der Waals surface area (Å²) >= 11 is 3.56. The van der Waals surface area contributed by atoms with Crippen molar-refractivity contribution in [3.63, 3.8) is 0 Å². The summed E-state index contributed by atoms with van der Waals surface area (Å²) < 4.78 is 20.5. The van der Waals surface area contributed by atoms with E-state index in [0.29, 0.717) is 5.92 Å². The molecule has 1 heterocycles. The minimum atomic E-state index is -0.172. The normalized spacial score (nSPS) is 26.2. The first-order chi connectivity index (χ1) is 9.63. The Hall–Kier alpha value is -0.450. The molecule has 1 N–H and O–H groups in total. The Kier molecular flexibility index (Phi) is 4.16. The molecule has 2 fully saturated rings. The number of rotatable bonds is 3. The largest absolute Gasteiger partial charge is 0.375 e. The van der Waals surface area contributed by atoms with Crippen LogP contribution in [0.3, 0.4) is 0 Å². The highest BCUT2D eigenvalue weighted by Crippen LogP contribution is 2.47. The first-order valence-corrected chi connectivity index (χ1v) is 8.19. The van der Waals surface area contributed by atoms with Crippen LogP contribution in [0.25, 0.3) is 0 Å². The second-order valence-corrected chi connectivity index (χ2v) is 6.92. The van der Waals surface area contributed by atoms with Crippen LogP contribution in [0.4, 0.5) is 4.39 Å². The quantitative estimate of drug-likeness (QED) is 0.889. The van der Waals surface area contributed by atoms with Crippen molar-refractivity contribution in [1.29, 1.82) is 0 Å². The molecule has 2 unspecified atom stereocenters. The fraction of sp³-hybridized carbons (Fsp3) is 0.625. The Morgan fingerprint density at radius 2 is 2.25 bits per heavy atom. The molecule has 2 atom stereocenters. The van der Waals surface area contributed by atoms with Crippen LogP contribution in [0.1, 0.15) is 43.7 Å². The topological polar surface area (TPSA) is 21.3 Å². The molecule has 1 aromatic carbocycles. The van der Waals surface area contributed by atoms with Gasteiger partial charge >= 0.3 is 0 Å². The summed E-state index contributed by atoms with van der Waals surface area (Å²) in [4.78, 5) is 0. The summed E-state index contributed by atoms with van der Waals surface area (Å²) in [5.74, 6) is 0.334. The van der Waals surface area contributed by atoms with Crippen LogP contribution in [0.5, 0.6) is 0 Å². The van der Waals surface area contributed by atoms with Gasteiger partial charge in [0.05, 0.1) is 5.60 Å². The van der Waals surface area contributed by atoms with E-state index in [0.717, 1.165) is 29.5 Å². The van der Waals surface area contributed by atoms with Crippen molar-refractivity contribution in [3.8, 4) is 0 Å². The number of benzene rings is 1. The summed E-state index contributed by atoms with van der Waals surface area (Å²) in [7, 11) is 1.96. The predicted molar refractivity (Wildman–Crippen MR) is 81.2 cm³/mol. The number of halogens is 2. The number of nitrogens with one attached hydrogen (secondary N) is 1. The molecule has 1 saturated carbocycles. The third-order valence-electron chi connectivity index (χ3n) is 4.87. The molecule has 0 bridgehead atoms. The van der Waals surface area contributed by atoms with Crippen LogP contribution in [0.15, 0.2) is 22.7 Å². The molecule has 4 heteroatoms. The zero-order valence-electron chi connectivity index (χ0n) is 11.8. The Labute approximate surface area is 128 Å². The molecular formula is C16H21BrFNO. The Bertz CT molecular complexity index is 489. The summed E-state index contributed by atoms with van der Waals surface area (Å²) in [6, 6.07) is 5.13. The van der Waals surface area contributed by atoms with Crippen LogP contribution in [0.2, 0.25) is 0 Å². The maximum absolute atomic E-state index is 13.6. The van der Waals surface area contributed by atoms with Gasteiger partial charge in [0.25, 0.3) is 0 Å². The van der Waals surface area contributed by atoms with Gasteiger partial charge < -0.3 is 10.1 Å². The van der Waals surface area contributed by atoms with Crippen molar-refractivity contribution in [2.45, 2.75) is 43.7 Å². The fourth-order valence-corrected chi connectivity index (χ4v) is 4.16. The van der Waals surface area contributed by atoms with E-state index in [1.807, 2.05) is 7.05 Å². The second-order valence-electron chi connectivity index (χ2n) is 6.07. The Balaban J connectivity index is 1.83. The van der Waals surface area contributed by atoms with Gasteiger partial charge in [-0.1, -0.05) is 15.9 Å². The summed E-state index contributed by atoms with van der Waals surface area (Å²) in [5.41, 5.74) is 1.14. The Morgan fingerprint density at radius 3 is 2.90 bits per heavy atom. The van der Waals surface area contributed by atoms with Crippen molar-refractivity contribution >= 4 is 15.9 Å². The van der Waals surface area contributed by atoms with Crippen molar-refractivity contribution in [3.05, 3.63) is 34.1 Å². The maximum atomic E-state index is 13.6. The third kappa shape index (κ3) is 2.66. The molecular weight excluding hydrogens is 321 g/mol. The third-order valence-corrected chi connectivity index (χ3v) is 5.59. The summed E-state index contributed by atoms with van der Waals surface area (Å²) in [6.07, 6.45) is 5.77. The zero-order valence-corrected chi connectivity index (χ0v) is 13.4. The smallest absolute Gasteiger partial charge is 0.123 e. The molecule has 1 aliphatic heterocycles. The molecule has 1 spiro atoms. The molecule has 0 radical (unpaired) electrons. The van der Waals surface area contributed by atoms with Gasteiger partial charge in [-0.05, 0) is 68.8 Å². The molecule has 0 amide bonds. The minimum absolute atomic E-state index is 0.123. The SMILES string of the molecule is CNC(c1cc(F)ccc1Br)C1CCOC2(CCC2)C1. The van der Waals surface area contributed by atoms with E-state index in [9.17, 15) is 4.39 Å². The van der Waals surface area contributed by atoms with E-state index >= 15 is 0 Å². The van der Waals surface area contributed by atoms with Crippen LogP contribution >= 0.6 is 15.9 Å². The van der Waals surface area contributed by atoms with E-state index in [1.165, 1.54) is 25.3 Å². The van der Waals surface area contributed by atoms with E-state index in [2.05, 4.69) is 21.2 Å². The highest BCUT2D eigenvalue weighted by molar-refractivity contribution is 9.10. The number of hydrogen-bond donors (Lipinski definition) is 1. The van der Waals surface area contributed by atoms with Gasteiger partial charge in [0.1, 0.15) is 5.82 Å². The lowest BCUT2D eigenvalue weighted by atomic mass is 9.69. The molecule has 1 aromatic rings. The number of hydrogen-bond acceptors (Lipinski definition) is 2. The van der Waals surface area contributed by atoms with Gasteiger partial charge in [0.2, 0.25) is 0 Å². The first kappa shape index (κ1) is 14.5. The van der Waals surface area contributed by atoms with E-state index < -0.39 is 0 Å². The van der Waals surface area contributed by atoms with Crippen LogP contribution in [-0.4, -0.2) is 19.3 Å². The average Bonchev–Trinajstić information content (AvgIpc) is 2.42. The summed E-state index contributed by atoms with van der Waals surface area (Å²) in [5, 5.41) is 3.39. The molecule has 1 saturated heterocycles. The van der Waals surface area contributed by atoms with Crippen molar-refractivity contribution in [2.75, 3.05) is 13.7 Å². The molecule has 3 rings (SSSR count). The van der Waals surface area contributed by atoms with Gasteiger partial charge in [0.15, 0.2) is 0 Å². The van der Waals surface area contributed by atoms with Crippen molar-refractivity contribution in [1.82, 2.24) is 5.32 Å². The van der Waals surface area contributed by atoms with Gasteiger partial charge in [-0.15, -0.1) is 0 Å². The molecule has 20 heavy (non-hydrogen) atoms. The van der Waals surface area contributed by atoms with E-state index in [1.54, 1.807) is 12.1 Å². The lowest BCUT2D eigenvalue weighted by molar-refractivity contribution is -0.147. The molecule has 2 aliphatic rings. The molecule has 2 nitrogen and oxygen atoms in total. The summed E-state index contributed by atoms with van der Waals surface area (Å²) in [6.45, 7) is 0.829. The van der Waals surface area contributed by atoms with Crippen LogP contribution < -0.4 is 5.32 Å². The first-order valence-electron chi connectivity index (χ1n) is 7.40. The maximum Gasteiger partial charge on any atom is 0.123 e. The van der Waals surface area contributed by atoms with Crippen LogP contribution in [0, 0.1) is 11.7 Å². The zero-order chi connectivity index (χ0) is 14.2. The molecule has 0 aromatic heterocycles. The van der Waals surface area contributed by atoms with E-state index in [4.69, 9.17) is 4.74 Å². The van der Waals surface area contributed by atoms with Gasteiger partial charge in [-0.25, -0.2) is 4.39 Å². The standard InChI is InChI=1S/C16H21BrFNO/c1-19-15(13-9-12(18)3-4-14(13)17)11-5-8-20-16(10-11)6-2-7-16/h3-4,9,11,15,19H,2,5-8,10H2,1H3. The van der Waals surface area contributed by atoms with Gasteiger partial charge in [0, 0.05) is 17.1 Å². The predicted octanol–water partition coefficient (Wildman–Crippen LogP) is 4.20. The number of ether oxygens (including phenoxy) is 1. The van der Waals surface area contributed by atoms with Gasteiger partial charge in [-0.3, -0.25) is 0 Å². The van der Waals surface area contributed by atoms with Gasteiger partial charge in [-0.2, -0.15) is 0 Å². The second kappa shape index (κ2) is 5.74. The molecule has 110 valence electrons. The molecule has 1 aliphatic carbocycles. The van der Waals surface area contributed by atoms with Crippen molar-refractivity contribution < 1.29 is 9.13 Å². The fourth-order valence-electron chi connectivity index (χ4n) is 3.67. The van der Waals surface area contributed by atoms with Crippen molar-refractivity contribution in [2.24, 2.45) is 5.92 Å². The minimum Gasteiger partial charge on any atom is -0.375 e. The monoisotopic (exact) mass is 341 g/mol. The lowest BCUT2D eigenvalue weighted by Gasteiger charge is -2.49. The highest BCUT2D eigenvalue weighted by Gasteiger charge is 2.44. The Morgan fingerprint density at radius 1 is 1.45 bits per heavy atom. The highest BCUT2D eigenvalue weighted by atomic mass is 79.9.